The van der Waals surface area contributed by atoms with E-state index in [0.29, 0.717) is 6.54 Å². The molecule has 1 aromatic heterocycles. The second kappa shape index (κ2) is 6.17. The number of aromatic nitrogens is 1. The maximum absolute atomic E-state index is 5.79. The van der Waals surface area contributed by atoms with Crippen LogP contribution in [0.1, 0.15) is 38.6 Å². The summed E-state index contributed by atoms with van der Waals surface area (Å²) in [6, 6.07) is 2.00. The molecular formula is C13H25N3O. The molecule has 0 aliphatic rings. The zero-order chi connectivity index (χ0) is 12.9. The van der Waals surface area contributed by atoms with Crippen LogP contribution in [0.25, 0.3) is 0 Å². The topological polar surface area (TPSA) is 55.3 Å². The van der Waals surface area contributed by atoms with Gasteiger partial charge in [-0.15, -0.1) is 0 Å². The van der Waals surface area contributed by atoms with Gasteiger partial charge in [0.1, 0.15) is 5.76 Å². The van der Waals surface area contributed by atoms with Gasteiger partial charge in [0.25, 0.3) is 0 Å². The molecule has 0 fully saturated rings. The molecule has 4 heteroatoms. The average Bonchev–Trinajstić information content (AvgIpc) is 2.64. The Morgan fingerprint density at radius 2 is 2.18 bits per heavy atom. The normalized spacial score (nSPS) is 12.4. The highest BCUT2D eigenvalue weighted by Gasteiger charge is 2.20. The van der Waals surface area contributed by atoms with Crippen molar-refractivity contribution >= 4 is 0 Å². The summed E-state index contributed by atoms with van der Waals surface area (Å²) in [5.41, 5.74) is 6.94. The van der Waals surface area contributed by atoms with Crippen LogP contribution in [0.4, 0.5) is 0 Å². The summed E-state index contributed by atoms with van der Waals surface area (Å²) in [7, 11) is 0. The third kappa shape index (κ3) is 4.88. The van der Waals surface area contributed by atoms with Gasteiger partial charge < -0.3 is 10.3 Å². The number of hydrogen-bond donors (Lipinski definition) is 1. The minimum absolute atomic E-state index is 0.147. The lowest BCUT2D eigenvalue weighted by Crippen LogP contribution is -2.38. The third-order valence-corrected chi connectivity index (χ3v) is 2.81. The van der Waals surface area contributed by atoms with Crippen molar-refractivity contribution < 1.29 is 4.52 Å². The van der Waals surface area contributed by atoms with E-state index in [9.17, 15) is 0 Å². The Morgan fingerprint density at radius 1 is 1.47 bits per heavy atom. The van der Waals surface area contributed by atoms with E-state index in [-0.39, 0.29) is 5.41 Å². The van der Waals surface area contributed by atoms with Gasteiger partial charge in [0.05, 0.1) is 5.69 Å². The molecule has 2 N–H and O–H groups in total. The first-order valence-corrected chi connectivity index (χ1v) is 6.31. The number of aryl methyl sites for hydroxylation is 1. The van der Waals surface area contributed by atoms with Crippen molar-refractivity contribution in [3.8, 4) is 0 Å². The monoisotopic (exact) mass is 239 g/mol. The summed E-state index contributed by atoms with van der Waals surface area (Å²) < 4.78 is 5.10. The van der Waals surface area contributed by atoms with E-state index in [4.69, 9.17) is 10.3 Å². The summed E-state index contributed by atoms with van der Waals surface area (Å²) in [6.07, 6.45) is 1.14. The second-order valence-corrected chi connectivity index (χ2v) is 5.51. The molecule has 0 aromatic carbocycles. The van der Waals surface area contributed by atoms with Crippen LogP contribution in [0, 0.1) is 12.3 Å². The number of rotatable bonds is 7. The highest BCUT2D eigenvalue weighted by atomic mass is 16.5. The highest BCUT2D eigenvalue weighted by Crippen LogP contribution is 2.17. The minimum atomic E-state index is 0.147. The van der Waals surface area contributed by atoms with E-state index in [1.165, 1.54) is 0 Å². The predicted molar refractivity (Wildman–Crippen MR) is 69.6 cm³/mol. The Labute approximate surface area is 104 Å². The summed E-state index contributed by atoms with van der Waals surface area (Å²) in [4.78, 5) is 2.39. The van der Waals surface area contributed by atoms with Gasteiger partial charge in [-0.25, -0.2) is 0 Å². The van der Waals surface area contributed by atoms with E-state index < -0.39 is 0 Å². The van der Waals surface area contributed by atoms with Gasteiger partial charge in [0.2, 0.25) is 0 Å². The number of nitrogens with zero attached hydrogens (tertiary/aromatic N) is 2. The molecule has 0 aliphatic heterocycles. The molecule has 4 nitrogen and oxygen atoms in total. The van der Waals surface area contributed by atoms with Crippen LogP contribution in [0.2, 0.25) is 0 Å². The van der Waals surface area contributed by atoms with Gasteiger partial charge >= 0.3 is 0 Å². The lowest BCUT2D eigenvalue weighted by molar-refractivity contribution is 0.172. The van der Waals surface area contributed by atoms with Gasteiger partial charge in [0.15, 0.2) is 0 Å². The van der Waals surface area contributed by atoms with Crippen molar-refractivity contribution in [3.05, 3.63) is 17.5 Å². The van der Waals surface area contributed by atoms with Crippen molar-refractivity contribution in [2.24, 2.45) is 11.1 Å². The fourth-order valence-electron chi connectivity index (χ4n) is 1.92. The van der Waals surface area contributed by atoms with Crippen molar-refractivity contribution in [2.45, 2.75) is 40.7 Å². The van der Waals surface area contributed by atoms with Crippen molar-refractivity contribution in [1.82, 2.24) is 10.1 Å². The predicted octanol–water partition coefficient (Wildman–Crippen LogP) is 2.18. The maximum atomic E-state index is 5.79. The van der Waals surface area contributed by atoms with Gasteiger partial charge in [-0.05, 0) is 31.8 Å². The molecule has 0 unspecified atom stereocenters. The molecule has 1 rings (SSSR count). The SMILES string of the molecule is CCCN(Cc1cc(C)on1)CC(C)(C)CN. The first-order valence-electron chi connectivity index (χ1n) is 6.31. The van der Waals surface area contributed by atoms with Gasteiger partial charge in [-0.3, -0.25) is 4.90 Å². The lowest BCUT2D eigenvalue weighted by Gasteiger charge is -2.31. The number of hydrogen-bond acceptors (Lipinski definition) is 4. The smallest absolute Gasteiger partial charge is 0.133 e. The first-order chi connectivity index (χ1) is 7.96. The van der Waals surface area contributed by atoms with Crippen LogP contribution < -0.4 is 5.73 Å². The number of nitrogens with two attached hydrogens (primary N) is 1. The van der Waals surface area contributed by atoms with Crippen molar-refractivity contribution in [2.75, 3.05) is 19.6 Å². The molecule has 1 aromatic rings. The summed E-state index contributed by atoms with van der Waals surface area (Å²) in [5.74, 6) is 0.870. The molecule has 1 heterocycles. The molecule has 17 heavy (non-hydrogen) atoms. The summed E-state index contributed by atoms with van der Waals surface area (Å²) in [6.45, 7) is 12.1. The quantitative estimate of drug-likeness (QED) is 0.792. The Bertz CT molecular complexity index is 333. The van der Waals surface area contributed by atoms with Crippen molar-refractivity contribution in [1.29, 1.82) is 0 Å². The highest BCUT2D eigenvalue weighted by molar-refractivity contribution is 5.03. The molecular weight excluding hydrogens is 214 g/mol. The zero-order valence-corrected chi connectivity index (χ0v) is 11.5. The van der Waals surface area contributed by atoms with Crippen LogP contribution in [0.15, 0.2) is 10.6 Å². The Kier molecular flexibility index (Phi) is 5.15. The Balaban J connectivity index is 2.60. The first kappa shape index (κ1) is 14.2. The third-order valence-electron chi connectivity index (χ3n) is 2.81. The molecule has 0 radical (unpaired) electrons. The fourth-order valence-corrected chi connectivity index (χ4v) is 1.92. The zero-order valence-electron chi connectivity index (χ0n) is 11.5. The van der Waals surface area contributed by atoms with E-state index in [1.807, 2.05) is 13.0 Å². The van der Waals surface area contributed by atoms with E-state index in [2.05, 4.69) is 30.8 Å². The Hall–Kier alpha value is -0.870. The van der Waals surface area contributed by atoms with Crippen LogP contribution in [-0.2, 0) is 6.54 Å². The standard InChI is InChI=1S/C13H25N3O/c1-5-6-16(10-13(3,4)9-14)8-12-7-11(2)17-15-12/h7H,5-6,8-10,14H2,1-4H3. The fraction of sp³-hybridized carbons (Fsp3) is 0.769. The molecule has 0 bridgehead atoms. The molecule has 0 aliphatic carbocycles. The molecule has 0 saturated carbocycles. The van der Waals surface area contributed by atoms with E-state index in [1.54, 1.807) is 0 Å². The van der Waals surface area contributed by atoms with Crippen LogP contribution >= 0.6 is 0 Å². The largest absolute Gasteiger partial charge is 0.361 e. The van der Waals surface area contributed by atoms with Gasteiger partial charge in [0, 0.05) is 19.2 Å². The van der Waals surface area contributed by atoms with E-state index in [0.717, 1.165) is 37.5 Å². The maximum Gasteiger partial charge on any atom is 0.133 e. The van der Waals surface area contributed by atoms with Gasteiger partial charge in [-0.2, -0.15) is 0 Å². The summed E-state index contributed by atoms with van der Waals surface area (Å²) in [5, 5.41) is 4.05. The molecule has 0 amide bonds. The van der Waals surface area contributed by atoms with Gasteiger partial charge in [-0.1, -0.05) is 25.9 Å². The molecule has 0 atom stereocenters. The Morgan fingerprint density at radius 3 is 2.65 bits per heavy atom. The van der Waals surface area contributed by atoms with Crippen LogP contribution in [0.3, 0.4) is 0 Å². The van der Waals surface area contributed by atoms with Crippen LogP contribution in [0.5, 0.6) is 0 Å². The second-order valence-electron chi connectivity index (χ2n) is 5.51. The molecule has 98 valence electrons. The van der Waals surface area contributed by atoms with Crippen LogP contribution in [-0.4, -0.2) is 29.7 Å². The van der Waals surface area contributed by atoms with Crippen molar-refractivity contribution in [3.63, 3.8) is 0 Å². The minimum Gasteiger partial charge on any atom is -0.361 e. The molecule has 0 saturated heterocycles. The average molecular weight is 239 g/mol. The summed E-state index contributed by atoms with van der Waals surface area (Å²) >= 11 is 0. The van der Waals surface area contributed by atoms with E-state index >= 15 is 0 Å². The lowest BCUT2D eigenvalue weighted by atomic mass is 9.93. The molecule has 0 spiro atoms.